The van der Waals surface area contributed by atoms with Gasteiger partial charge in [0.2, 0.25) is 10.0 Å². The Morgan fingerprint density at radius 3 is 2.35 bits per heavy atom. The molecule has 2 amide bonds. The average Bonchev–Trinajstić information content (AvgIpc) is 3.17. The van der Waals surface area contributed by atoms with E-state index in [1.165, 1.54) is 16.4 Å². The topological polar surface area (TPSA) is 96.0 Å². The van der Waals surface area contributed by atoms with Crippen LogP contribution < -0.4 is 9.62 Å². The Morgan fingerprint density at radius 1 is 1.03 bits per heavy atom. The van der Waals surface area contributed by atoms with E-state index in [4.69, 9.17) is 27.9 Å². The summed E-state index contributed by atoms with van der Waals surface area (Å²) in [6, 6.07) is 10.0. The molecule has 2 saturated heterocycles. The maximum atomic E-state index is 13.1. The minimum Gasteiger partial charge on any atom is -0.444 e. The van der Waals surface area contributed by atoms with E-state index in [0.29, 0.717) is 42.5 Å². The lowest BCUT2D eigenvalue weighted by atomic mass is 9.89. The third kappa shape index (κ3) is 6.69. The van der Waals surface area contributed by atoms with Crippen molar-refractivity contribution in [1.82, 2.24) is 4.90 Å². The molecule has 2 aliphatic rings. The summed E-state index contributed by atoms with van der Waals surface area (Å²) in [6.45, 7) is 7.03. The van der Waals surface area contributed by atoms with Crippen LogP contribution in [0.5, 0.6) is 0 Å². The van der Waals surface area contributed by atoms with E-state index in [-0.39, 0.29) is 28.4 Å². The molecule has 2 heterocycles. The summed E-state index contributed by atoms with van der Waals surface area (Å²) in [4.78, 5) is 27.2. The van der Waals surface area contributed by atoms with Gasteiger partial charge in [0.25, 0.3) is 5.91 Å². The summed E-state index contributed by atoms with van der Waals surface area (Å²) in [5, 5.41) is 3.54. The molecule has 11 heteroatoms. The fourth-order valence-electron chi connectivity index (χ4n) is 4.61. The number of nitrogens with zero attached hydrogens (tertiary/aromatic N) is 2. The van der Waals surface area contributed by atoms with Crippen LogP contribution in [0.25, 0.3) is 0 Å². The molecule has 2 aliphatic heterocycles. The number of nitrogens with one attached hydrogen (secondary N) is 1. The highest BCUT2D eigenvalue weighted by Gasteiger charge is 2.30. The fourth-order valence-corrected chi connectivity index (χ4v) is 6.62. The van der Waals surface area contributed by atoms with E-state index in [1.807, 2.05) is 32.9 Å². The molecule has 2 aromatic rings. The van der Waals surface area contributed by atoms with E-state index in [9.17, 15) is 18.0 Å². The Balaban J connectivity index is 1.46. The Bertz CT molecular complexity index is 1300. The second-order valence-electron chi connectivity index (χ2n) is 10.4. The Kier molecular flexibility index (Phi) is 7.97. The first-order chi connectivity index (χ1) is 17.3. The maximum absolute atomic E-state index is 13.1. The molecule has 2 fully saturated rings. The van der Waals surface area contributed by atoms with Crippen molar-refractivity contribution in [3.63, 3.8) is 0 Å². The number of hydrogen-bond donors (Lipinski definition) is 1. The van der Waals surface area contributed by atoms with E-state index in [1.54, 1.807) is 17.0 Å². The first-order valence-corrected chi connectivity index (χ1v) is 14.6. The molecule has 0 atom stereocenters. The van der Waals surface area contributed by atoms with E-state index >= 15 is 0 Å². The number of hydrogen-bond acceptors (Lipinski definition) is 5. The van der Waals surface area contributed by atoms with Gasteiger partial charge < -0.3 is 15.0 Å². The highest BCUT2D eigenvalue weighted by atomic mass is 35.5. The summed E-state index contributed by atoms with van der Waals surface area (Å²) in [7, 11) is -3.39. The zero-order valence-electron chi connectivity index (χ0n) is 21.1. The number of likely N-dealkylation sites (tertiary alicyclic amines) is 1. The van der Waals surface area contributed by atoms with Crippen LogP contribution in [-0.2, 0) is 14.8 Å². The highest BCUT2D eigenvalue weighted by molar-refractivity contribution is 7.93. The Labute approximate surface area is 227 Å². The van der Waals surface area contributed by atoms with Gasteiger partial charge in [-0.05, 0) is 87.9 Å². The predicted molar refractivity (Wildman–Crippen MR) is 146 cm³/mol. The van der Waals surface area contributed by atoms with Crippen molar-refractivity contribution < 1.29 is 22.7 Å². The second-order valence-corrected chi connectivity index (χ2v) is 13.2. The number of sulfonamides is 1. The molecule has 1 N–H and O–H groups in total. The number of halogens is 2. The van der Waals surface area contributed by atoms with Crippen molar-refractivity contribution in [3.8, 4) is 0 Å². The summed E-state index contributed by atoms with van der Waals surface area (Å²) >= 11 is 12.7. The lowest BCUT2D eigenvalue weighted by molar-refractivity contribution is 0.0204. The van der Waals surface area contributed by atoms with Crippen molar-refractivity contribution >= 4 is 56.6 Å². The maximum Gasteiger partial charge on any atom is 0.410 e. The van der Waals surface area contributed by atoms with Crippen molar-refractivity contribution in [1.29, 1.82) is 0 Å². The molecule has 37 heavy (non-hydrogen) atoms. The molecule has 0 aliphatic carbocycles. The van der Waals surface area contributed by atoms with Crippen LogP contribution >= 0.6 is 23.2 Å². The normalized spacial score (nSPS) is 18.1. The number of ether oxygens (including phenoxy) is 1. The molecule has 8 nitrogen and oxygen atoms in total. The minimum absolute atomic E-state index is 0.0825. The lowest BCUT2D eigenvalue weighted by Gasteiger charge is -2.33. The number of piperidine rings is 1. The van der Waals surface area contributed by atoms with Crippen molar-refractivity contribution in [2.24, 2.45) is 0 Å². The van der Waals surface area contributed by atoms with Crippen LogP contribution in [0.3, 0.4) is 0 Å². The van der Waals surface area contributed by atoms with Gasteiger partial charge in [-0.2, -0.15) is 0 Å². The standard InChI is InChI=1S/C26H31Cl2N3O5S/c1-26(2,3)36-25(33)30-10-7-17(8-11-30)18-13-19(27)15-20(14-18)29-24(32)22-16-21(5-6-23(22)28)31-9-4-12-37(31,34)35/h5-6,13-17H,4,7-12H2,1-3H3,(H,29,32). The monoisotopic (exact) mass is 567 g/mol. The summed E-state index contributed by atoms with van der Waals surface area (Å²) in [6.07, 6.45) is 1.70. The third-order valence-electron chi connectivity index (χ3n) is 6.38. The van der Waals surface area contributed by atoms with Crippen LogP contribution in [0.15, 0.2) is 36.4 Å². The van der Waals surface area contributed by atoms with E-state index in [0.717, 1.165) is 18.4 Å². The van der Waals surface area contributed by atoms with Gasteiger partial charge in [0.05, 0.1) is 22.0 Å². The van der Waals surface area contributed by atoms with Crippen molar-refractivity contribution in [2.75, 3.05) is 35.0 Å². The van der Waals surface area contributed by atoms with Gasteiger partial charge in [0.15, 0.2) is 0 Å². The quantitative estimate of drug-likeness (QED) is 0.496. The van der Waals surface area contributed by atoms with E-state index in [2.05, 4.69) is 5.32 Å². The van der Waals surface area contributed by atoms with Gasteiger partial charge in [-0.3, -0.25) is 9.10 Å². The van der Waals surface area contributed by atoms with Gasteiger partial charge >= 0.3 is 6.09 Å². The van der Waals surface area contributed by atoms with Crippen LogP contribution in [0, 0.1) is 0 Å². The number of rotatable bonds is 4. The SMILES string of the molecule is CC(C)(C)OC(=O)N1CCC(c2cc(Cl)cc(NC(=O)c3cc(N4CCCS4(=O)=O)ccc3Cl)c2)CC1. The molecule has 0 spiro atoms. The molecule has 0 unspecified atom stereocenters. The smallest absolute Gasteiger partial charge is 0.410 e. The van der Waals surface area contributed by atoms with Gasteiger partial charge in [-0.1, -0.05) is 23.2 Å². The number of carbonyl (C=O) groups excluding carboxylic acids is 2. The van der Waals surface area contributed by atoms with Crippen molar-refractivity contribution in [3.05, 3.63) is 57.6 Å². The minimum atomic E-state index is -3.39. The van der Waals surface area contributed by atoms with Crippen LogP contribution in [0.4, 0.5) is 16.2 Å². The Morgan fingerprint density at radius 2 is 1.73 bits per heavy atom. The van der Waals surface area contributed by atoms with Crippen LogP contribution in [0.1, 0.15) is 61.9 Å². The highest BCUT2D eigenvalue weighted by Crippen LogP contribution is 2.33. The van der Waals surface area contributed by atoms with Crippen LogP contribution in [0.2, 0.25) is 10.0 Å². The zero-order valence-corrected chi connectivity index (χ0v) is 23.4. The fraction of sp³-hybridized carbons (Fsp3) is 0.462. The average molecular weight is 569 g/mol. The third-order valence-corrected chi connectivity index (χ3v) is 8.80. The number of benzene rings is 2. The van der Waals surface area contributed by atoms with Crippen LogP contribution in [-0.4, -0.2) is 56.3 Å². The molecule has 0 saturated carbocycles. The summed E-state index contributed by atoms with van der Waals surface area (Å²) in [5.74, 6) is -0.212. The number of anilines is 2. The van der Waals surface area contributed by atoms with Gasteiger partial charge in [0.1, 0.15) is 5.60 Å². The lowest BCUT2D eigenvalue weighted by Crippen LogP contribution is -2.41. The Hall–Kier alpha value is -2.49. The second kappa shape index (κ2) is 10.7. The largest absolute Gasteiger partial charge is 0.444 e. The zero-order chi connectivity index (χ0) is 27.0. The molecular weight excluding hydrogens is 537 g/mol. The number of amides is 2. The van der Waals surface area contributed by atoms with Crippen molar-refractivity contribution in [2.45, 2.75) is 51.6 Å². The predicted octanol–water partition coefficient (Wildman–Crippen LogP) is 5.90. The molecule has 0 aromatic heterocycles. The summed E-state index contributed by atoms with van der Waals surface area (Å²) in [5.41, 5.74) is 1.52. The molecule has 4 rings (SSSR count). The van der Waals surface area contributed by atoms with Gasteiger partial charge in [-0.15, -0.1) is 0 Å². The van der Waals surface area contributed by atoms with E-state index < -0.39 is 21.5 Å². The molecular formula is C26H31Cl2N3O5S. The molecule has 0 radical (unpaired) electrons. The molecule has 200 valence electrons. The first kappa shape index (κ1) is 27.5. The summed E-state index contributed by atoms with van der Waals surface area (Å²) < 4.78 is 31.4. The first-order valence-electron chi connectivity index (χ1n) is 12.2. The number of carbonyl (C=O) groups is 2. The van der Waals surface area contributed by atoms with Gasteiger partial charge in [0, 0.05) is 30.3 Å². The molecule has 2 aromatic carbocycles. The van der Waals surface area contributed by atoms with Gasteiger partial charge in [-0.25, -0.2) is 13.2 Å². The molecule has 0 bridgehead atoms.